The Hall–Kier alpha value is -3.49. The molecule has 2 heterocycles. The lowest BCUT2D eigenvalue weighted by molar-refractivity contribution is -0.136. The minimum absolute atomic E-state index is 0.000653. The van der Waals surface area contributed by atoms with Gasteiger partial charge in [-0.05, 0) is 51.5 Å². The highest BCUT2D eigenvalue weighted by Gasteiger charge is 2.21. The fourth-order valence-corrected chi connectivity index (χ4v) is 4.79. The maximum Gasteiger partial charge on any atom is 0.239 e. The number of aromatic nitrogens is 2. The van der Waals surface area contributed by atoms with Crippen LogP contribution < -0.4 is 10.6 Å². The number of rotatable bonds is 5. The Morgan fingerprint density at radius 1 is 1.03 bits per heavy atom. The molecule has 1 unspecified atom stereocenters. The average Bonchev–Trinajstić information content (AvgIpc) is 3.14. The second kappa shape index (κ2) is 13.0. The van der Waals surface area contributed by atoms with Gasteiger partial charge in [0, 0.05) is 44.7 Å². The molecule has 9 heteroatoms. The zero-order valence-electron chi connectivity index (χ0n) is 21.5. The first-order chi connectivity index (χ1) is 17.3. The second-order valence-electron chi connectivity index (χ2n) is 9.38. The third-order valence-electron chi connectivity index (χ3n) is 6.69. The molecular formula is C27H37N5O4. The molecule has 1 aliphatic heterocycles. The SMILES string of the molecule is CC(=O)c1c(C)nn(CCC(=O)N2CCCNC(=O)CCC(c3ccccc3)CCNC(=O)C2)c1C. The van der Waals surface area contributed by atoms with Gasteiger partial charge in [0.1, 0.15) is 0 Å². The Morgan fingerprint density at radius 3 is 2.44 bits per heavy atom. The van der Waals surface area contributed by atoms with E-state index < -0.39 is 0 Å². The molecule has 1 atom stereocenters. The van der Waals surface area contributed by atoms with Crippen LogP contribution in [0.4, 0.5) is 0 Å². The molecule has 2 aromatic rings. The summed E-state index contributed by atoms with van der Waals surface area (Å²) < 4.78 is 1.68. The van der Waals surface area contributed by atoms with Gasteiger partial charge in [0.25, 0.3) is 0 Å². The van der Waals surface area contributed by atoms with E-state index in [0.29, 0.717) is 63.1 Å². The summed E-state index contributed by atoms with van der Waals surface area (Å²) in [4.78, 5) is 51.5. The van der Waals surface area contributed by atoms with Gasteiger partial charge in [-0.1, -0.05) is 30.3 Å². The standard InChI is InChI=1S/C27H37N5O4/c1-19-27(21(3)33)20(2)32(30-19)17-13-26(36)31-16-7-14-28-24(34)11-10-23(12-15-29-25(35)18-31)22-8-5-4-6-9-22/h4-6,8-9,23H,7,10-18H2,1-3H3,(H,28,34)(H,29,35). The van der Waals surface area contributed by atoms with E-state index in [0.717, 1.165) is 11.3 Å². The van der Waals surface area contributed by atoms with Crippen molar-refractivity contribution in [1.29, 1.82) is 0 Å². The van der Waals surface area contributed by atoms with Crippen molar-refractivity contribution in [2.75, 3.05) is 26.2 Å². The lowest BCUT2D eigenvalue weighted by Gasteiger charge is -2.24. The number of ketones is 1. The van der Waals surface area contributed by atoms with Gasteiger partial charge in [-0.3, -0.25) is 23.9 Å². The molecule has 194 valence electrons. The number of amides is 3. The lowest BCUT2D eigenvalue weighted by Crippen LogP contribution is -2.43. The maximum absolute atomic E-state index is 13.0. The van der Waals surface area contributed by atoms with E-state index >= 15 is 0 Å². The van der Waals surface area contributed by atoms with Crippen LogP contribution in [-0.2, 0) is 20.9 Å². The highest BCUT2D eigenvalue weighted by Crippen LogP contribution is 2.24. The highest BCUT2D eigenvalue weighted by molar-refractivity contribution is 5.96. The first-order valence-electron chi connectivity index (χ1n) is 12.7. The number of nitrogens with one attached hydrogen (secondary N) is 2. The van der Waals surface area contributed by atoms with Gasteiger partial charge in [-0.25, -0.2) is 0 Å². The number of aryl methyl sites for hydroxylation is 2. The molecule has 0 radical (unpaired) electrons. The summed E-state index contributed by atoms with van der Waals surface area (Å²) in [6.07, 6.45) is 2.57. The third kappa shape index (κ3) is 7.50. The fourth-order valence-electron chi connectivity index (χ4n) is 4.79. The minimum atomic E-state index is -0.193. The summed E-state index contributed by atoms with van der Waals surface area (Å²) in [5, 5.41) is 10.3. The molecule has 1 aromatic carbocycles. The van der Waals surface area contributed by atoms with Crippen molar-refractivity contribution < 1.29 is 19.2 Å². The van der Waals surface area contributed by atoms with Crippen molar-refractivity contribution in [3.8, 4) is 0 Å². The van der Waals surface area contributed by atoms with E-state index in [2.05, 4.69) is 27.9 Å². The smallest absolute Gasteiger partial charge is 0.239 e. The van der Waals surface area contributed by atoms with Crippen molar-refractivity contribution in [2.45, 2.75) is 65.3 Å². The predicted molar refractivity (Wildman–Crippen MR) is 137 cm³/mol. The van der Waals surface area contributed by atoms with Crippen LogP contribution in [0.1, 0.15) is 72.3 Å². The largest absolute Gasteiger partial charge is 0.356 e. The highest BCUT2D eigenvalue weighted by atomic mass is 16.2. The van der Waals surface area contributed by atoms with Crippen LogP contribution >= 0.6 is 0 Å². The molecule has 36 heavy (non-hydrogen) atoms. The molecule has 1 aliphatic rings. The molecule has 0 spiro atoms. The molecule has 1 aromatic heterocycles. The first kappa shape index (κ1) is 27.1. The average molecular weight is 496 g/mol. The maximum atomic E-state index is 13.0. The summed E-state index contributed by atoms with van der Waals surface area (Å²) in [6, 6.07) is 10.0. The third-order valence-corrected chi connectivity index (χ3v) is 6.69. The number of Topliss-reactive ketones (excluding diaryl/α,β-unsaturated/α-hetero) is 1. The van der Waals surface area contributed by atoms with Crippen molar-refractivity contribution in [2.24, 2.45) is 0 Å². The van der Waals surface area contributed by atoms with Gasteiger partial charge in [-0.15, -0.1) is 0 Å². The number of benzene rings is 1. The second-order valence-corrected chi connectivity index (χ2v) is 9.38. The monoisotopic (exact) mass is 495 g/mol. The van der Waals surface area contributed by atoms with Crippen molar-refractivity contribution in [3.63, 3.8) is 0 Å². The Bertz CT molecular complexity index is 1080. The van der Waals surface area contributed by atoms with Crippen molar-refractivity contribution in [1.82, 2.24) is 25.3 Å². The lowest BCUT2D eigenvalue weighted by atomic mass is 9.91. The Labute approximate surface area is 212 Å². The molecule has 0 aliphatic carbocycles. The summed E-state index contributed by atoms with van der Waals surface area (Å²) in [7, 11) is 0. The summed E-state index contributed by atoms with van der Waals surface area (Å²) >= 11 is 0. The van der Waals surface area contributed by atoms with Crippen molar-refractivity contribution in [3.05, 3.63) is 52.8 Å². The molecule has 1 fully saturated rings. The van der Waals surface area contributed by atoms with Crippen LogP contribution in [0, 0.1) is 13.8 Å². The van der Waals surface area contributed by atoms with Crippen LogP contribution in [0.2, 0.25) is 0 Å². The Kier molecular flexibility index (Phi) is 9.78. The molecular weight excluding hydrogens is 458 g/mol. The first-order valence-corrected chi connectivity index (χ1v) is 12.7. The fraction of sp³-hybridized carbons (Fsp3) is 0.519. The number of hydrogen-bond acceptors (Lipinski definition) is 5. The summed E-state index contributed by atoms with van der Waals surface area (Å²) in [6.45, 7) is 6.69. The molecule has 0 bridgehead atoms. The zero-order valence-corrected chi connectivity index (χ0v) is 21.5. The topological polar surface area (TPSA) is 113 Å². The summed E-state index contributed by atoms with van der Waals surface area (Å²) in [5.74, 6) is -0.242. The number of carbonyl (C=O) groups is 4. The van der Waals surface area contributed by atoms with E-state index in [1.807, 2.05) is 25.1 Å². The van der Waals surface area contributed by atoms with Gasteiger partial charge in [-0.2, -0.15) is 5.10 Å². The van der Waals surface area contributed by atoms with Crippen LogP contribution in [0.15, 0.2) is 30.3 Å². The van der Waals surface area contributed by atoms with Crippen molar-refractivity contribution >= 4 is 23.5 Å². The van der Waals surface area contributed by atoms with E-state index in [-0.39, 0.29) is 42.4 Å². The normalized spacial score (nSPS) is 18.2. The van der Waals surface area contributed by atoms with Gasteiger partial charge in [0.2, 0.25) is 17.7 Å². The molecule has 0 saturated carbocycles. The molecule has 3 amide bonds. The zero-order chi connectivity index (χ0) is 26.1. The number of carbonyl (C=O) groups excluding carboxylic acids is 4. The van der Waals surface area contributed by atoms with Gasteiger partial charge < -0.3 is 15.5 Å². The van der Waals surface area contributed by atoms with Gasteiger partial charge >= 0.3 is 0 Å². The Morgan fingerprint density at radius 2 is 1.75 bits per heavy atom. The van der Waals surface area contributed by atoms with E-state index in [1.54, 1.807) is 16.5 Å². The van der Waals surface area contributed by atoms with E-state index in [1.165, 1.54) is 6.92 Å². The van der Waals surface area contributed by atoms with Crippen LogP contribution in [-0.4, -0.2) is 64.4 Å². The van der Waals surface area contributed by atoms with Crippen LogP contribution in [0.3, 0.4) is 0 Å². The molecule has 2 N–H and O–H groups in total. The summed E-state index contributed by atoms with van der Waals surface area (Å²) in [5.41, 5.74) is 3.13. The van der Waals surface area contributed by atoms with E-state index in [9.17, 15) is 19.2 Å². The van der Waals surface area contributed by atoms with Crippen LogP contribution in [0.5, 0.6) is 0 Å². The molecule has 9 nitrogen and oxygen atoms in total. The predicted octanol–water partition coefficient (Wildman–Crippen LogP) is 2.51. The minimum Gasteiger partial charge on any atom is -0.356 e. The van der Waals surface area contributed by atoms with Crippen LogP contribution in [0.25, 0.3) is 0 Å². The molecule has 1 saturated heterocycles. The quantitative estimate of drug-likeness (QED) is 0.619. The molecule has 3 rings (SSSR count). The van der Waals surface area contributed by atoms with Gasteiger partial charge in [0.05, 0.1) is 17.8 Å². The number of hydrogen-bond donors (Lipinski definition) is 2. The van der Waals surface area contributed by atoms with E-state index in [4.69, 9.17) is 0 Å². The van der Waals surface area contributed by atoms with Gasteiger partial charge in [0.15, 0.2) is 5.78 Å². The number of nitrogens with zero attached hydrogens (tertiary/aromatic N) is 3. The Balaban J connectivity index is 1.63.